The summed E-state index contributed by atoms with van der Waals surface area (Å²) >= 11 is 20.8. The number of benzene rings is 3. The summed E-state index contributed by atoms with van der Waals surface area (Å²) in [6.07, 6.45) is 7.89. The molecule has 5 aromatic rings. The van der Waals surface area contributed by atoms with Crippen LogP contribution in [0.2, 0.25) is 15.1 Å². The van der Waals surface area contributed by atoms with Crippen molar-refractivity contribution in [3.8, 4) is 39.8 Å². The van der Waals surface area contributed by atoms with Gasteiger partial charge in [0.25, 0.3) is 0 Å². The fourth-order valence-corrected chi connectivity index (χ4v) is 8.48. The molecule has 0 bridgehead atoms. The van der Waals surface area contributed by atoms with E-state index in [-0.39, 0.29) is 23.8 Å². The van der Waals surface area contributed by atoms with Crippen molar-refractivity contribution < 1.29 is 24.2 Å². The molecule has 2 aliphatic rings. The van der Waals surface area contributed by atoms with Crippen LogP contribution in [0.5, 0.6) is 17.4 Å². The zero-order valence-electron chi connectivity index (χ0n) is 29.3. The Morgan fingerprint density at radius 2 is 1.74 bits per heavy atom. The number of halogens is 3. The number of aliphatic carboxylic acids is 1. The van der Waals surface area contributed by atoms with E-state index in [2.05, 4.69) is 15.2 Å². The summed E-state index contributed by atoms with van der Waals surface area (Å²) in [5, 5.41) is 18.4. The molecule has 0 radical (unpaired) electrons. The van der Waals surface area contributed by atoms with Gasteiger partial charge in [-0.05, 0) is 55.9 Å². The van der Waals surface area contributed by atoms with Gasteiger partial charge in [-0.25, -0.2) is 4.98 Å². The first-order chi connectivity index (χ1) is 25.7. The number of ether oxygens (including phenoxy) is 2. The highest BCUT2D eigenvalue weighted by Crippen LogP contribution is 2.44. The van der Waals surface area contributed by atoms with E-state index >= 15 is 0 Å². The van der Waals surface area contributed by atoms with Crippen LogP contribution >= 0.6 is 34.8 Å². The van der Waals surface area contributed by atoms with Crippen LogP contribution in [0.4, 0.5) is 0 Å². The van der Waals surface area contributed by atoms with Crippen LogP contribution in [0.3, 0.4) is 0 Å². The second-order valence-electron chi connectivity index (χ2n) is 13.8. The minimum absolute atomic E-state index is 0.0918. The van der Waals surface area contributed by atoms with E-state index < -0.39 is 5.97 Å². The number of methoxy groups -OCH3 is 1. The van der Waals surface area contributed by atoms with E-state index in [0.717, 1.165) is 66.1 Å². The van der Waals surface area contributed by atoms with Crippen LogP contribution in [0.15, 0.2) is 72.9 Å². The molecule has 7 rings (SSSR count). The smallest absolute Gasteiger partial charge is 0.306 e. The molecule has 3 unspecified atom stereocenters. The molecule has 53 heavy (non-hydrogen) atoms. The topological polar surface area (TPSA) is 115 Å². The molecule has 3 atom stereocenters. The normalized spacial score (nSPS) is 18.6. The predicted molar refractivity (Wildman–Crippen MR) is 209 cm³/mol. The molecule has 1 saturated carbocycles. The zero-order chi connectivity index (χ0) is 37.1. The molecule has 0 spiro atoms. The number of carboxylic acid groups (broad SMARTS) is 1. The Morgan fingerprint density at radius 1 is 0.962 bits per heavy atom. The fourth-order valence-electron chi connectivity index (χ4n) is 7.69. The first kappa shape index (κ1) is 37.1. The Labute approximate surface area is 323 Å². The number of amides is 1. The molecule has 1 aliphatic heterocycles. The molecular weight excluding hydrogens is 735 g/mol. The van der Waals surface area contributed by atoms with Gasteiger partial charge in [-0.2, -0.15) is 0 Å². The third-order valence-corrected chi connectivity index (χ3v) is 11.5. The van der Waals surface area contributed by atoms with Gasteiger partial charge < -0.3 is 29.8 Å². The molecule has 3 N–H and O–H groups in total. The number of carbonyl (C=O) groups excluding carboxylic acids is 1. The van der Waals surface area contributed by atoms with Gasteiger partial charge in [0.2, 0.25) is 11.8 Å². The largest absolute Gasteiger partial charge is 0.481 e. The Kier molecular flexibility index (Phi) is 11.5. The molecule has 3 aromatic carbocycles. The lowest BCUT2D eigenvalue weighted by molar-refractivity contribution is -0.145. The molecule has 1 aliphatic carbocycles. The monoisotopic (exact) mass is 774 g/mol. The number of pyridine rings is 1. The number of hydrogen-bond donors (Lipinski definition) is 3. The SMILES string of the molecule is COc1nc(-c2cccc(-c3cccc(Oc4cc(Cl)cc5c4ccn5CCC4CCCCC4C(=O)O)c3Cl)c2Cl)ccc1CNCC1CCC(=O)N1. The Hall–Kier alpha value is -4.28. The lowest BCUT2D eigenvalue weighted by Crippen LogP contribution is -2.35. The van der Waals surface area contributed by atoms with Gasteiger partial charge in [-0.1, -0.05) is 84.0 Å². The molecule has 2 aromatic heterocycles. The average molecular weight is 776 g/mol. The van der Waals surface area contributed by atoms with E-state index in [1.54, 1.807) is 13.2 Å². The second kappa shape index (κ2) is 16.4. The maximum atomic E-state index is 11.9. The quantitative estimate of drug-likeness (QED) is 0.109. The number of fused-ring (bicyclic) bond motifs is 1. The van der Waals surface area contributed by atoms with Crippen molar-refractivity contribution >= 4 is 57.6 Å². The number of carboxylic acids is 1. The van der Waals surface area contributed by atoms with Crippen LogP contribution in [0.25, 0.3) is 33.3 Å². The average Bonchev–Trinajstić information content (AvgIpc) is 3.77. The highest BCUT2D eigenvalue weighted by atomic mass is 35.5. The van der Waals surface area contributed by atoms with Gasteiger partial charge in [0.1, 0.15) is 11.5 Å². The van der Waals surface area contributed by atoms with Crippen molar-refractivity contribution in [3.05, 3.63) is 93.6 Å². The first-order valence-corrected chi connectivity index (χ1v) is 19.1. The van der Waals surface area contributed by atoms with Gasteiger partial charge >= 0.3 is 5.97 Å². The van der Waals surface area contributed by atoms with Gasteiger partial charge in [0.05, 0.1) is 34.3 Å². The Bertz CT molecular complexity index is 2150. The van der Waals surface area contributed by atoms with Gasteiger partial charge in [0.15, 0.2) is 0 Å². The van der Waals surface area contributed by atoms with E-state index in [1.807, 2.05) is 66.9 Å². The van der Waals surface area contributed by atoms with Crippen LogP contribution in [-0.4, -0.2) is 46.2 Å². The minimum Gasteiger partial charge on any atom is -0.481 e. The summed E-state index contributed by atoms with van der Waals surface area (Å²) in [6, 6.07) is 21.0. The zero-order valence-corrected chi connectivity index (χ0v) is 31.6. The van der Waals surface area contributed by atoms with Crippen molar-refractivity contribution in [2.45, 2.75) is 64.1 Å². The third kappa shape index (κ3) is 8.14. The number of hydrogen-bond acceptors (Lipinski definition) is 6. The summed E-state index contributed by atoms with van der Waals surface area (Å²) in [7, 11) is 1.59. The molecule has 12 heteroatoms. The van der Waals surface area contributed by atoms with Crippen LogP contribution < -0.4 is 20.1 Å². The van der Waals surface area contributed by atoms with E-state index in [0.29, 0.717) is 69.8 Å². The molecule has 3 heterocycles. The van der Waals surface area contributed by atoms with E-state index in [1.165, 1.54) is 0 Å². The minimum atomic E-state index is -0.693. The molecular formula is C41H41Cl3N4O5. The van der Waals surface area contributed by atoms with Gasteiger partial charge in [-0.15, -0.1) is 0 Å². The summed E-state index contributed by atoms with van der Waals surface area (Å²) in [6.45, 7) is 1.89. The lowest BCUT2D eigenvalue weighted by atomic mass is 9.77. The molecule has 1 saturated heterocycles. The number of carbonyl (C=O) groups is 2. The fraction of sp³-hybridized carbons (Fsp3) is 0.341. The highest BCUT2D eigenvalue weighted by Gasteiger charge is 2.30. The number of nitrogens with one attached hydrogen (secondary N) is 2. The number of rotatable bonds is 13. The van der Waals surface area contributed by atoms with Gasteiger partial charge in [0, 0.05) is 77.0 Å². The highest BCUT2D eigenvalue weighted by molar-refractivity contribution is 6.38. The third-order valence-electron chi connectivity index (χ3n) is 10.5. The van der Waals surface area contributed by atoms with Crippen molar-refractivity contribution in [3.63, 3.8) is 0 Å². The maximum Gasteiger partial charge on any atom is 0.306 e. The van der Waals surface area contributed by atoms with Crippen LogP contribution in [0.1, 0.15) is 50.5 Å². The van der Waals surface area contributed by atoms with Crippen LogP contribution in [-0.2, 0) is 22.7 Å². The lowest BCUT2D eigenvalue weighted by Gasteiger charge is -2.28. The molecule has 2 fully saturated rings. The summed E-state index contributed by atoms with van der Waals surface area (Å²) < 4.78 is 14.3. The van der Waals surface area contributed by atoms with Crippen molar-refractivity contribution in [2.75, 3.05) is 13.7 Å². The number of nitrogens with zero attached hydrogens (tertiary/aromatic N) is 2. The maximum absolute atomic E-state index is 11.9. The van der Waals surface area contributed by atoms with Crippen molar-refractivity contribution in [2.24, 2.45) is 11.8 Å². The molecule has 276 valence electrons. The first-order valence-electron chi connectivity index (χ1n) is 18.0. The molecule has 1 amide bonds. The van der Waals surface area contributed by atoms with E-state index in [9.17, 15) is 14.7 Å². The summed E-state index contributed by atoms with van der Waals surface area (Å²) in [5.41, 5.74) is 4.58. The standard InChI is InChI=1S/C41H41Cl3N4O5/c1-52-40-25(22-45-23-27-13-15-37(49)46-27)12-14-33(47-40)31-10-4-8-29(38(31)43)30-9-5-11-35(39(30)44)53-36-21-26(42)20-34-32(36)17-19-48(34)18-16-24-6-2-3-7-28(24)41(50)51/h4-5,8-12,14,17,19-21,24,27-28,45H,2-3,6-7,13,15-16,18,22-23H2,1H3,(H,46,49)(H,50,51). The van der Waals surface area contributed by atoms with Gasteiger partial charge in [-0.3, -0.25) is 9.59 Å². The van der Waals surface area contributed by atoms with E-state index in [4.69, 9.17) is 49.3 Å². The summed E-state index contributed by atoms with van der Waals surface area (Å²) in [4.78, 5) is 28.2. The number of aryl methyl sites for hydroxylation is 1. The Morgan fingerprint density at radius 3 is 2.51 bits per heavy atom. The Balaban J connectivity index is 1.11. The van der Waals surface area contributed by atoms with Crippen LogP contribution in [0, 0.1) is 11.8 Å². The number of aromatic nitrogens is 2. The van der Waals surface area contributed by atoms with Crippen molar-refractivity contribution in [1.82, 2.24) is 20.2 Å². The second-order valence-corrected chi connectivity index (χ2v) is 15.0. The van der Waals surface area contributed by atoms with Crippen molar-refractivity contribution in [1.29, 1.82) is 0 Å². The predicted octanol–water partition coefficient (Wildman–Crippen LogP) is 9.78. The summed E-state index contributed by atoms with van der Waals surface area (Å²) in [5.74, 6) is 0.755. The molecule has 9 nitrogen and oxygen atoms in total.